The van der Waals surface area contributed by atoms with Gasteiger partial charge in [-0.3, -0.25) is 19.2 Å². The first-order valence-electron chi connectivity index (χ1n) is 13.3. The Balaban J connectivity index is 1.50. The zero-order valence-electron chi connectivity index (χ0n) is 23.2. The first kappa shape index (κ1) is 27.4. The molecule has 3 amide bonds. The number of hydrogen-bond donors (Lipinski definition) is 1. The Labute approximate surface area is 225 Å². The maximum atomic E-state index is 13.8. The summed E-state index contributed by atoms with van der Waals surface area (Å²) in [6.07, 6.45) is 0.987. The van der Waals surface area contributed by atoms with Gasteiger partial charge in [-0.25, -0.2) is 0 Å². The fourth-order valence-corrected chi connectivity index (χ4v) is 5.42. The van der Waals surface area contributed by atoms with E-state index in [9.17, 15) is 19.2 Å². The van der Waals surface area contributed by atoms with E-state index < -0.39 is 12.1 Å². The molecule has 0 aliphatic carbocycles. The smallest absolute Gasteiger partial charge is 0.254 e. The molecule has 8 heteroatoms. The van der Waals surface area contributed by atoms with Crippen LogP contribution in [0.1, 0.15) is 58.5 Å². The SMILES string of the molecule is Cc1ccc(C(=O)N2CC(=O)C3C2CCN3C(=O)[C@H](CC(C)C)NC(=O)c2ccc(N(C)C)cc2)cc1C. The number of likely N-dealkylation sites (tertiary alicyclic amines) is 2. The van der Waals surface area contributed by atoms with E-state index in [1.54, 1.807) is 28.0 Å². The number of Topliss-reactive ketones (excluding diaryl/α,β-unsaturated/α-hetero) is 1. The van der Waals surface area contributed by atoms with Gasteiger partial charge in [0.05, 0.1) is 12.6 Å². The predicted octanol–water partition coefficient (Wildman–Crippen LogP) is 3.21. The van der Waals surface area contributed by atoms with Crippen molar-refractivity contribution in [2.75, 3.05) is 32.1 Å². The maximum Gasteiger partial charge on any atom is 0.254 e. The fraction of sp³-hybridized carbons (Fsp3) is 0.467. The van der Waals surface area contributed by atoms with Gasteiger partial charge in [0, 0.05) is 37.5 Å². The van der Waals surface area contributed by atoms with Crippen LogP contribution in [0, 0.1) is 19.8 Å². The van der Waals surface area contributed by atoms with Crippen LogP contribution in [0.2, 0.25) is 0 Å². The molecule has 0 bridgehead atoms. The number of rotatable bonds is 7. The molecule has 8 nitrogen and oxygen atoms in total. The predicted molar refractivity (Wildman–Crippen MR) is 147 cm³/mol. The van der Waals surface area contributed by atoms with Crippen LogP contribution < -0.4 is 10.2 Å². The highest BCUT2D eigenvalue weighted by molar-refractivity contribution is 6.03. The minimum atomic E-state index is -0.757. The molecule has 2 aromatic rings. The lowest BCUT2D eigenvalue weighted by Gasteiger charge is -2.29. The molecule has 3 atom stereocenters. The summed E-state index contributed by atoms with van der Waals surface area (Å²) in [5.41, 5.74) is 4.11. The van der Waals surface area contributed by atoms with E-state index >= 15 is 0 Å². The number of fused-ring (bicyclic) bond motifs is 1. The number of carbonyl (C=O) groups excluding carboxylic acids is 4. The molecule has 0 saturated carbocycles. The van der Waals surface area contributed by atoms with Crippen LogP contribution in [0.3, 0.4) is 0 Å². The quantitative estimate of drug-likeness (QED) is 0.608. The molecular formula is C30H38N4O4. The molecule has 2 aromatic carbocycles. The number of nitrogens with one attached hydrogen (secondary N) is 1. The standard InChI is InChI=1S/C30H38N4O4/c1-18(2)15-24(31-28(36)21-9-11-23(12-10-21)32(5)6)30(38)33-14-13-25-27(33)26(35)17-34(25)29(37)22-8-7-19(3)20(4)16-22/h7-12,16,18,24-25,27H,13-15,17H2,1-6H3,(H,31,36)/t24-,25?,27?/m0/s1. The lowest BCUT2D eigenvalue weighted by Crippen LogP contribution is -2.53. The van der Waals surface area contributed by atoms with Crippen molar-refractivity contribution in [1.82, 2.24) is 15.1 Å². The fourth-order valence-electron chi connectivity index (χ4n) is 5.42. The molecule has 1 N–H and O–H groups in total. The van der Waals surface area contributed by atoms with Gasteiger partial charge in [0.15, 0.2) is 5.78 Å². The largest absolute Gasteiger partial charge is 0.378 e. The van der Waals surface area contributed by atoms with E-state index in [1.165, 1.54) is 0 Å². The number of aryl methyl sites for hydroxylation is 2. The third-order valence-electron chi connectivity index (χ3n) is 7.68. The van der Waals surface area contributed by atoms with Gasteiger partial charge in [0.2, 0.25) is 5.91 Å². The highest BCUT2D eigenvalue weighted by atomic mass is 16.2. The van der Waals surface area contributed by atoms with E-state index in [2.05, 4.69) is 5.32 Å². The molecule has 2 heterocycles. The molecule has 38 heavy (non-hydrogen) atoms. The minimum absolute atomic E-state index is 0.00962. The van der Waals surface area contributed by atoms with Crippen molar-refractivity contribution in [2.45, 2.75) is 58.7 Å². The third kappa shape index (κ3) is 5.44. The molecule has 2 unspecified atom stereocenters. The summed E-state index contributed by atoms with van der Waals surface area (Å²) in [4.78, 5) is 58.4. The highest BCUT2D eigenvalue weighted by Crippen LogP contribution is 2.32. The lowest BCUT2D eigenvalue weighted by molar-refractivity contribution is -0.138. The summed E-state index contributed by atoms with van der Waals surface area (Å²) in [5, 5.41) is 2.92. The Morgan fingerprint density at radius 3 is 2.24 bits per heavy atom. The monoisotopic (exact) mass is 518 g/mol. The van der Waals surface area contributed by atoms with E-state index in [0.29, 0.717) is 30.5 Å². The van der Waals surface area contributed by atoms with Crippen molar-refractivity contribution in [3.8, 4) is 0 Å². The second kappa shape index (κ2) is 11.0. The number of benzene rings is 2. The molecular weight excluding hydrogens is 480 g/mol. The Bertz CT molecular complexity index is 1240. The summed E-state index contributed by atoms with van der Waals surface area (Å²) in [6, 6.07) is 11.0. The minimum Gasteiger partial charge on any atom is -0.378 e. The number of anilines is 1. The van der Waals surface area contributed by atoms with Crippen LogP contribution in [-0.2, 0) is 9.59 Å². The Kier molecular flexibility index (Phi) is 7.90. The van der Waals surface area contributed by atoms with E-state index in [0.717, 1.165) is 16.8 Å². The number of carbonyl (C=O) groups is 4. The second-order valence-electron chi connectivity index (χ2n) is 11.1. The van der Waals surface area contributed by atoms with Gasteiger partial charge in [-0.2, -0.15) is 0 Å². The molecule has 2 aliphatic heterocycles. The zero-order chi connectivity index (χ0) is 27.7. The molecule has 4 rings (SSSR count). The van der Waals surface area contributed by atoms with Crippen LogP contribution in [0.25, 0.3) is 0 Å². The normalized spacial score (nSPS) is 19.5. The van der Waals surface area contributed by atoms with E-state index in [4.69, 9.17) is 0 Å². The van der Waals surface area contributed by atoms with Crippen molar-refractivity contribution in [3.63, 3.8) is 0 Å². The van der Waals surface area contributed by atoms with Gasteiger partial charge in [-0.1, -0.05) is 19.9 Å². The van der Waals surface area contributed by atoms with Crippen LogP contribution in [0.5, 0.6) is 0 Å². The van der Waals surface area contributed by atoms with E-state index in [1.807, 2.05) is 71.0 Å². The van der Waals surface area contributed by atoms with Crippen LogP contribution in [0.15, 0.2) is 42.5 Å². The zero-order valence-corrected chi connectivity index (χ0v) is 23.2. The molecule has 2 saturated heterocycles. The summed E-state index contributed by atoms with van der Waals surface area (Å²) in [7, 11) is 3.85. The summed E-state index contributed by atoms with van der Waals surface area (Å²) in [5.74, 6) is -0.753. The molecule has 2 aliphatic rings. The van der Waals surface area contributed by atoms with Crippen molar-refractivity contribution in [2.24, 2.45) is 5.92 Å². The van der Waals surface area contributed by atoms with Crippen molar-refractivity contribution >= 4 is 29.2 Å². The van der Waals surface area contributed by atoms with Crippen LogP contribution in [-0.4, -0.2) is 78.6 Å². The Morgan fingerprint density at radius 2 is 1.63 bits per heavy atom. The van der Waals surface area contributed by atoms with Gasteiger partial charge < -0.3 is 20.0 Å². The third-order valence-corrected chi connectivity index (χ3v) is 7.68. The Hall–Kier alpha value is -3.68. The molecule has 0 spiro atoms. The second-order valence-corrected chi connectivity index (χ2v) is 11.1. The van der Waals surface area contributed by atoms with Gasteiger partial charge in [-0.15, -0.1) is 0 Å². The van der Waals surface area contributed by atoms with Gasteiger partial charge in [0.1, 0.15) is 12.1 Å². The first-order chi connectivity index (χ1) is 18.0. The van der Waals surface area contributed by atoms with Gasteiger partial charge in [-0.05, 0) is 80.1 Å². The molecule has 0 aromatic heterocycles. The van der Waals surface area contributed by atoms with Gasteiger partial charge >= 0.3 is 0 Å². The van der Waals surface area contributed by atoms with Crippen LogP contribution >= 0.6 is 0 Å². The number of amides is 3. The number of nitrogens with zero attached hydrogens (tertiary/aromatic N) is 3. The van der Waals surface area contributed by atoms with Crippen molar-refractivity contribution < 1.29 is 19.2 Å². The topological polar surface area (TPSA) is 90.0 Å². The lowest BCUT2D eigenvalue weighted by atomic mass is 10.0. The summed E-state index contributed by atoms with van der Waals surface area (Å²) in [6.45, 7) is 8.30. The highest BCUT2D eigenvalue weighted by Gasteiger charge is 2.52. The number of hydrogen-bond acceptors (Lipinski definition) is 5. The summed E-state index contributed by atoms with van der Waals surface area (Å²) >= 11 is 0. The molecule has 2 fully saturated rings. The average Bonchev–Trinajstić information content (AvgIpc) is 3.45. The average molecular weight is 519 g/mol. The molecule has 0 radical (unpaired) electrons. The van der Waals surface area contributed by atoms with Crippen LogP contribution in [0.4, 0.5) is 5.69 Å². The van der Waals surface area contributed by atoms with E-state index in [-0.39, 0.29) is 42.0 Å². The van der Waals surface area contributed by atoms with Crippen molar-refractivity contribution in [3.05, 3.63) is 64.7 Å². The van der Waals surface area contributed by atoms with Crippen molar-refractivity contribution in [1.29, 1.82) is 0 Å². The first-order valence-corrected chi connectivity index (χ1v) is 13.3. The Morgan fingerprint density at radius 1 is 0.974 bits per heavy atom. The van der Waals surface area contributed by atoms with Gasteiger partial charge in [0.25, 0.3) is 11.8 Å². The number of ketones is 1. The maximum absolute atomic E-state index is 13.8. The summed E-state index contributed by atoms with van der Waals surface area (Å²) < 4.78 is 0. The molecule has 202 valence electrons.